The average Bonchev–Trinajstić information content (AvgIpc) is 3.00. The number of nitrogens with one attached hydrogen (secondary N) is 2. The Morgan fingerprint density at radius 1 is 0.395 bits per heavy atom. The van der Waals surface area contributed by atoms with Crippen LogP contribution in [0.5, 0.6) is 0 Å². The van der Waals surface area contributed by atoms with Crippen molar-refractivity contribution in [3.8, 4) is 0 Å². The van der Waals surface area contributed by atoms with Gasteiger partial charge < -0.3 is 10.6 Å². The molecular formula is C39H78N2O2. The third-order valence-electron chi connectivity index (χ3n) is 9.03. The van der Waals surface area contributed by atoms with Crippen molar-refractivity contribution in [3.63, 3.8) is 0 Å². The van der Waals surface area contributed by atoms with Gasteiger partial charge in [0, 0.05) is 25.4 Å². The number of carbonyl (C=O) groups is 2. The second-order valence-corrected chi connectivity index (χ2v) is 13.7. The molecule has 0 fully saturated rings. The maximum atomic E-state index is 12.2. The fourth-order valence-electron chi connectivity index (χ4n) is 6.07. The third kappa shape index (κ3) is 35.3. The maximum absolute atomic E-state index is 12.2. The zero-order chi connectivity index (χ0) is 31.5. The lowest BCUT2D eigenvalue weighted by molar-refractivity contribution is -0.123. The van der Waals surface area contributed by atoms with E-state index in [4.69, 9.17) is 0 Å². The van der Waals surface area contributed by atoms with Crippen LogP contribution >= 0.6 is 0 Å². The number of hydrogen-bond acceptors (Lipinski definition) is 2. The summed E-state index contributed by atoms with van der Waals surface area (Å²) in [6, 6.07) is -0.00570. The van der Waals surface area contributed by atoms with E-state index < -0.39 is 0 Å². The monoisotopic (exact) mass is 607 g/mol. The highest BCUT2D eigenvalue weighted by Crippen LogP contribution is 2.15. The Labute approximate surface area is 270 Å². The molecule has 0 aromatic heterocycles. The molecular weight excluding hydrogens is 528 g/mol. The maximum Gasteiger partial charge on any atom is 0.220 e. The van der Waals surface area contributed by atoms with Crippen LogP contribution in [0.15, 0.2) is 0 Å². The molecule has 0 radical (unpaired) electrons. The molecule has 0 aliphatic carbocycles. The van der Waals surface area contributed by atoms with Crippen LogP contribution in [-0.2, 0) is 9.59 Å². The van der Waals surface area contributed by atoms with E-state index in [1.807, 2.05) is 6.92 Å². The van der Waals surface area contributed by atoms with E-state index in [-0.39, 0.29) is 17.9 Å². The molecule has 0 saturated carbocycles. The molecule has 0 rings (SSSR count). The van der Waals surface area contributed by atoms with Crippen molar-refractivity contribution in [2.24, 2.45) is 0 Å². The van der Waals surface area contributed by atoms with Gasteiger partial charge in [-0.1, -0.05) is 194 Å². The van der Waals surface area contributed by atoms with Gasteiger partial charge in [-0.3, -0.25) is 9.59 Å². The highest BCUT2D eigenvalue weighted by atomic mass is 16.2. The highest BCUT2D eigenvalue weighted by molar-refractivity contribution is 5.77. The lowest BCUT2D eigenvalue weighted by Gasteiger charge is -2.15. The molecule has 256 valence electrons. The highest BCUT2D eigenvalue weighted by Gasteiger charge is 2.09. The van der Waals surface area contributed by atoms with Crippen molar-refractivity contribution in [1.82, 2.24) is 10.6 Å². The van der Waals surface area contributed by atoms with Gasteiger partial charge in [-0.05, 0) is 19.8 Å². The quantitative estimate of drug-likeness (QED) is 0.0705. The molecule has 1 atom stereocenters. The third-order valence-corrected chi connectivity index (χ3v) is 9.03. The van der Waals surface area contributed by atoms with Gasteiger partial charge in [-0.2, -0.15) is 0 Å². The Kier molecular flexibility index (Phi) is 34.5. The van der Waals surface area contributed by atoms with Gasteiger partial charge in [-0.15, -0.1) is 0 Å². The predicted octanol–water partition coefficient (Wildman–Crippen LogP) is 12.1. The molecule has 43 heavy (non-hydrogen) atoms. The number of rotatable bonds is 35. The average molecular weight is 607 g/mol. The van der Waals surface area contributed by atoms with E-state index in [9.17, 15) is 9.59 Å². The zero-order valence-corrected chi connectivity index (χ0v) is 29.7. The first-order valence-corrected chi connectivity index (χ1v) is 19.7. The minimum atomic E-state index is -0.00570. The topological polar surface area (TPSA) is 58.2 Å². The summed E-state index contributed by atoms with van der Waals surface area (Å²) in [5.74, 6) is 0.247. The molecule has 2 N–H and O–H groups in total. The van der Waals surface area contributed by atoms with Crippen LogP contribution in [0, 0.1) is 0 Å². The van der Waals surface area contributed by atoms with Crippen molar-refractivity contribution < 1.29 is 9.59 Å². The number of hydrogen-bond donors (Lipinski definition) is 2. The fourth-order valence-corrected chi connectivity index (χ4v) is 6.07. The molecule has 0 unspecified atom stereocenters. The Hall–Kier alpha value is -1.06. The number of amides is 2. The molecule has 0 spiro atoms. The largest absolute Gasteiger partial charge is 0.354 e. The SMILES string of the molecule is CCCCCCCCCCCCCCCCCC(=O)NC[C@@H](C)NC(=O)CCCCCCCCCCCCCCCCC. The minimum Gasteiger partial charge on any atom is -0.354 e. The van der Waals surface area contributed by atoms with Crippen molar-refractivity contribution in [2.45, 2.75) is 232 Å². The standard InChI is InChI=1S/C39H78N2O2/c1-4-6-8-10-12-14-16-18-20-22-24-26-28-30-32-34-38(42)40-36-37(3)41-39(43)35-33-31-29-27-25-23-21-19-17-15-13-11-9-7-5-2/h37H,4-36H2,1-3H3,(H,40,42)(H,41,43)/t37-/m1/s1. The molecule has 4 heteroatoms. The van der Waals surface area contributed by atoms with E-state index >= 15 is 0 Å². The second-order valence-electron chi connectivity index (χ2n) is 13.7. The smallest absolute Gasteiger partial charge is 0.220 e. The molecule has 0 aliphatic rings. The second kappa shape index (κ2) is 35.4. The van der Waals surface area contributed by atoms with Crippen LogP contribution in [0.4, 0.5) is 0 Å². The molecule has 0 bridgehead atoms. The van der Waals surface area contributed by atoms with E-state index in [0.717, 1.165) is 25.7 Å². The summed E-state index contributed by atoms with van der Waals surface area (Å²) in [7, 11) is 0. The molecule has 0 heterocycles. The minimum absolute atomic E-state index is 0.00570. The van der Waals surface area contributed by atoms with Crippen LogP contribution in [0.3, 0.4) is 0 Å². The summed E-state index contributed by atoms with van der Waals surface area (Å²) in [6.45, 7) is 7.08. The van der Waals surface area contributed by atoms with Crippen molar-refractivity contribution in [1.29, 1.82) is 0 Å². The molecule has 0 aromatic rings. The van der Waals surface area contributed by atoms with E-state index in [1.54, 1.807) is 0 Å². The Balaban J connectivity index is 3.38. The van der Waals surface area contributed by atoms with E-state index in [1.165, 1.54) is 167 Å². The van der Waals surface area contributed by atoms with Crippen molar-refractivity contribution in [2.75, 3.05) is 6.54 Å². The molecule has 0 aromatic carbocycles. The first-order valence-electron chi connectivity index (χ1n) is 19.7. The van der Waals surface area contributed by atoms with E-state index in [0.29, 0.717) is 19.4 Å². The first kappa shape index (κ1) is 41.9. The van der Waals surface area contributed by atoms with Gasteiger partial charge in [0.2, 0.25) is 11.8 Å². The zero-order valence-electron chi connectivity index (χ0n) is 29.7. The van der Waals surface area contributed by atoms with E-state index in [2.05, 4.69) is 24.5 Å². The van der Waals surface area contributed by atoms with Gasteiger partial charge in [0.15, 0.2) is 0 Å². The van der Waals surface area contributed by atoms with Crippen molar-refractivity contribution in [3.05, 3.63) is 0 Å². The van der Waals surface area contributed by atoms with Crippen molar-refractivity contribution >= 4 is 11.8 Å². The molecule has 2 amide bonds. The molecule has 0 aliphatic heterocycles. The van der Waals surface area contributed by atoms with Gasteiger partial charge in [0.1, 0.15) is 0 Å². The predicted molar refractivity (Wildman–Crippen MR) is 190 cm³/mol. The summed E-state index contributed by atoms with van der Waals surface area (Å²) in [6.07, 6.45) is 41.4. The summed E-state index contributed by atoms with van der Waals surface area (Å²) < 4.78 is 0. The first-order chi connectivity index (χ1) is 21.1. The number of carbonyl (C=O) groups excluding carboxylic acids is 2. The van der Waals surface area contributed by atoms with Gasteiger partial charge in [0.25, 0.3) is 0 Å². The lowest BCUT2D eigenvalue weighted by atomic mass is 10.0. The normalized spacial score (nSPS) is 12.0. The fraction of sp³-hybridized carbons (Fsp3) is 0.949. The number of unbranched alkanes of at least 4 members (excludes halogenated alkanes) is 28. The van der Waals surface area contributed by atoms with Crippen LogP contribution in [-0.4, -0.2) is 24.4 Å². The van der Waals surface area contributed by atoms with Crippen LogP contribution in [0.2, 0.25) is 0 Å². The summed E-state index contributed by atoms with van der Waals surface area (Å²) >= 11 is 0. The van der Waals surface area contributed by atoms with Crippen LogP contribution in [0.1, 0.15) is 226 Å². The Bertz CT molecular complexity index is 580. The summed E-state index contributed by atoms with van der Waals surface area (Å²) in [5.41, 5.74) is 0. The van der Waals surface area contributed by atoms with Gasteiger partial charge in [-0.25, -0.2) is 0 Å². The molecule has 0 saturated heterocycles. The lowest BCUT2D eigenvalue weighted by Crippen LogP contribution is -2.41. The van der Waals surface area contributed by atoms with Crippen LogP contribution in [0.25, 0.3) is 0 Å². The molecule has 4 nitrogen and oxygen atoms in total. The van der Waals surface area contributed by atoms with Crippen LogP contribution < -0.4 is 10.6 Å². The Morgan fingerprint density at radius 3 is 0.953 bits per heavy atom. The van der Waals surface area contributed by atoms with Gasteiger partial charge >= 0.3 is 0 Å². The summed E-state index contributed by atoms with van der Waals surface area (Å²) in [5, 5.41) is 6.06. The summed E-state index contributed by atoms with van der Waals surface area (Å²) in [4.78, 5) is 24.4. The Morgan fingerprint density at radius 2 is 0.651 bits per heavy atom. The van der Waals surface area contributed by atoms with Gasteiger partial charge in [0.05, 0.1) is 0 Å².